The van der Waals surface area contributed by atoms with Gasteiger partial charge in [-0.3, -0.25) is 0 Å². The molecule has 126 valence electrons. The third kappa shape index (κ3) is 2.73. The maximum atomic E-state index is 12.0. The van der Waals surface area contributed by atoms with Crippen LogP contribution in [-0.4, -0.2) is 5.94 Å². The van der Waals surface area contributed by atoms with Crippen molar-refractivity contribution in [2.45, 2.75) is 83.1 Å². The van der Waals surface area contributed by atoms with Crippen molar-refractivity contribution in [3.05, 3.63) is 16.7 Å². The lowest BCUT2D eigenvalue weighted by Gasteiger charge is -2.43. The molecule has 0 radical (unpaired) electrons. The molecule has 1 aliphatic rings. The van der Waals surface area contributed by atoms with Crippen molar-refractivity contribution in [3.8, 4) is 0 Å². The lowest BCUT2D eigenvalue weighted by Crippen LogP contribution is -2.38. The zero-order valence-electron chi connectivity index (χ0n) is 16.9. The molecule has 0 N–H and O–H groups in total. The van der Waals surface area contributed by atoms with E-state index in [2.05, 4.69) is 89.0 Å². The summed E-state index contributed by atoms with van der Waals surface area (Å²) >= 11 is 0. The van der Waals surface area contributed by atoms with Crippen LogP contribution in [0.4, 0.5) is 0 Å². The molecule has 0 aromatic carbocycles. The van der Waals surface area contributed by atoms with Crippen LogP contribution in [0, 0.1) is 27.1 Å². The minimum atomic E-state index is -0.233. The Balaban J connectivity index is 3.79. The van der Waals surface area contributed by atoms with E-state index in [4.69, 9.17) is 0 Å². The fourth-order valence-electron chi connectivity index (χ4n) is 4.32. The Hall–Kier alpha value is -0.810. The van der Waals surface area contributed by atoms with Gasteiger partial charge in [-0.15, -0.1) is 0 Å². The Morgan fingerprint density at radius 3 is 1.18 bits per heavy atom. The van der Waals surface area contributed by atoms with Crippen LogP contribution >= 0.6 is 0 Å². The summed E-state index contributed by atoms with van der Waals surface area (Å²) in [6.45, 7) is 26.8. The fourth-order valence-corrected chi connectivity index (χ4v) is 4.32. The van der Waals surface area contributed by atoms with Gasteiger partial charge in [0.15, 0.2) is 0 Å². The third-order valence-electron chi connectivity index (χ3n) is 4.79. The molecule has 22 heavy (non-hydrogen) atoms. The highest BCUT2D eigenvalue weighted by molar-refractivity contribution is 5.73. The predicted molar refractivity (Wildman–Crippen MR) is 96.5 cm³/mol. The molecular weight excluding hydrogens is 268 g/mol. The van der Waals surface area contributed by atoms with E-state index in [1.807, 2.05) is 0 Å². The average Bonchev–Trinajstić information content (AvgIpc) is 2.85. The van der Waals surface area contributed by atoms with Gasteiger partial charge in [-0.25, -0.2) is 4.79 Å². The quantitative estimate of drug-likeness (QED) is 0.415. The summed E-state index contributed by atoms with van der Waals surface area (Å²) in [7, 11) is 0. The fraction of sp³-hybridized carbons (Fsp3) is 0.810. The van der Waals surface area contributed by atoms with Crippen molar-refractivity contribution < 1.29 is 4.79 Å². The Bertz CT molecular complexity index is 515. The van der Waals surface area contributed by atoms with Crippen molar-refractivity contribution in [1.82, 2.24) is 0 Å². The summed E-state index contributed by atoms with van der Waals surface area (Å²) in [6, 6.07) is 0. The van der Waals surface area contributed by atoms with E-state index >= 15 is 0 Å². The summed E-state index contributed by atoms with van der Waals surface area (Å²) in [5, 5.41) is 0. The highest BCUT2D eigenvalue weighted by Crippen LogP contribution is 2.76. The van der Waals surface area contributed by atoms with E-state index in [-0.39, 0.29) is 27.1 Å². The van der Waals surface area contributed by atoms with Crippen molar-refractivity contribution in [1.29, 1.82) is 0 Å². The smallest absolute Gasteiger partial charge is 0.125 e. The molecule has 0 saturated carbocycles. The zero-order valence-corrected chi connectivity index (χ0v) is 16.9. The molecular formula is C21H36O. The molecule has 0 aliphatic heterocycles. The molecule has 0 amide bonds. The molecule has 0 saturated heterocycles. The largest absolute Gasteiger partial charge is 0.233 e. The van der Waals surface area contributed by atoms with Gasteiger partial charge >= 0.3 is 0 Å². The van der Waals surface area contributed by atoms with Crippen LogP contribution in [0.2, 0.25) is 0 Å². The molecule has 0 aromatic rings. The van der Waals surface area contributed by atoms with Crippen LogP contribution < -0.4 is 0 Å². The van der Waals surface area contributed by atoms with Crippen LogP contribution in [0.1, 0.15) is 83.1 Å². The number of rotatable bonds is 1. The standard InChI is InChI=1S/C21H36O/c1-17(2,3)14(13-22)21(20(10,11)12)15(18(4,5)6)16(21)19(7,8)9/h1-12H3. The topological polar surface area (TPSA) is 17.1 Å². The Morgan fingerprint density at radius 2 is 1.05 bits per heavy atom. The normalized spacial score (nSPS) is 19.1. The van der Waals surface area contributed by atoms with E-state index in [0.717, 1.165) is 5.57 Å². The summed E-state index contributed by atoms with van der Waals surface area (Å²) in [6.07, 6.45) is 0. The van der Waals surface area contributed by atoms with Gasteiger partial charge in [0, 0.05) is 5.57 Å². The van der Waals surface area contributed by atoms with Gasteiger partial charge in [-0.1, -0.05) is 83.1 Å². The van der Waals surface area contributed by atoms with Gasteiger partial charge in [0.1, 0.15) is 5.94 Å². The van der Waals surface area contributed by atoms with Crippen LogP contribution in [0.5, 0.6) is 0 Å². The minimum absolute atomic E-state index is 0.0295. The van der Waals surface area contributed by atoms with E-state index in [1.54, 1.807) is 0 Å². The maximum Gasteiger partial charge on any atom is 0.125 e. The Kier molecular flexibility index (Phi) is 4.23. The van der Waals surface area contributed by atoms with Crippen LogP contribution in [-0.2, 0) is 4.79 Å². The monoisotopic (exact) mass is 304 g/mol. The average molecular weight is 305 g/mol. The van der Waals surface area contributed by atoms with E-state index in [9.17, 15) is 4.79 Å². The van der Waals surface area contributed by atoms with Crippen molar-refractivity contribution in [2.75, 3.05) is 0 Å². The van der Waals surface area contributed by atoms with E-state index in [1.165, 1.54) is 11.1 Å². The van der Waals surface area contributed by atoms with Gasteiger partial charge in [0.2, 0.25) is 0 Å². The third-order valence-corrected chi connectivity index (χ3v) is 4.79. The molecule has 0 heterocycles. The Morgan fingerprint density at radius 1 is 0.727 bits per heavy atom. The lowest BCUT2D eigenvalue weighted by molar-refractivity contribution is 0.202. The van der Waals surface area contributed by atoms with Gasteiger partial charge in [-0.05, 0) is 32.8 Å². The number of allylic oxidation sites excluding steroid dienone is 3. The van der Waals surface area contributed by atoms with Crippen LogP contribution in [0.15, 0.2) is 16.7 Å². The molecule has 1 nitrogen and oxygen atoms in total. The molecule has 0 aromatic heterocycles. The number of carbonyl (C=O) groups excluding carboxylic acids is 1. The SMILES string of the molecule is CC(C)(C)C(=C=O)C1(C(C)(C)C)C(C(C)(C)C)=C1C(C)(C)C. The number of hydrogen-bond acceptors (Lipinski definition) is 1. The van der Waals surface area contributed by atoms with Crippen LogP contribution in [0.25, 0.3) is 0 Å². The zero-order chi connectivity index (χ0) is 17.9. The maximum absolute atomic E-state index is 12.0. The molecule has 1 aliphatic carbocycles. The molecule has 1 heteroatoms. The van der Waals surface area contributed by atoms with Gasteiger partial charge in [0.25, 0.3) is 0 Å². The molecule has 0 spiro atoms. The molecule has 0 atom stereocenters. The Labute approximate surface area is 138 Å². The first kappa shape index (κ1) is 19.2. The van der Waals surface area contributed by atoms with Gasteiger partial charge in [-0.2, -0.15) is 0 Å². The summed E-state index contributed by atoms with van der Waals surface area (Å²) in [5.41, 5.74) is 3.50. The first-order chi connectivity index (χ1) is 9.43. The van der Waals surface area contributed by atoms with E-state index in [0.29, 0.717) is 0 Å². The predicted octanol–water partition coefficient (Wildman–Crippen LogP) is 6.23. The van der Waals surface area contributed by atoms with Crippen molar-refractivity contribution in [3.63, 3.8) is 0 Å². The molecule has 0 bridgehead atoms. The summed E-state index contributed by atoms with van der Waals surface area (Å²) in [4.78, 5) is 12.0. The lowest BCUT2D eigenvalue weighted by atomic mass is 9.58. The van der Waals surface area contributed by atoms with Crippen molar-refractivity contribution >= 4 is 5.94 Å². The van der Waals surface area contributed by atoms with Crippen LogP contribution in [0.3, 0.4) is 0 Å². The molecule has 0 fully saturated rings. The minimum Gasteiger partial charge on any atom is -0.233 e. The second-order valence-corrected chi connectivity index (χ2v) is 11.0. The first-order valence-electron chi connectivity index (χ1n) is 8.45. The highest BCUT2D eigenvalue weighted by Gasteiger charge is 2.68. The van der Waals surface area contributed by atoms with Gasteiger partial charge < -0.3 is 0 Å². The summed E-state index contributed by atoms with van der Waals surface area (Å²) in [5.74, 6) is 2.38. The summed E-state index contributed by atoms with van der Waals surface area (Å²) < 4.78 is 0. The van der Waals surface area contributed by atoms with Crippen molar-refractivity contribution in [2.24, 2.45) is 27.1 Å². The highest BCUT2D eigenvalue weighted by atomic mass is 16.1. The molecule has 1 rings (SSSR count). The number of hydrogen-bond donors (Lipinski definition) is 0. The molecule has 0 unspecified atom stereocenters. The first-order valence-corrected chi connectivity index (χ1v) is 8.45. The second-order valence-electron chi connectivity index (χ2n) is 11.0. The van der Waals surface area contributed by atoms with E-state index < -0.39 is 0 Å². The van der Waals surface area contributed by atoms with Gasteiger partial charge in [0.05, 0.1) is 5.41 Å². The second kappa shape index (κ2) is 4.84.